The van der Waals surface area contributed by atoms with Gasteiger partial charge in [0, 0.05) is 22.9 Å². The van der Waals surface area contributed by atoms with E-state index in [4.69, 9.17) is 16.2 Å². The summed E-state index contributed by atoms with van der Waals surface area (Å²) < 4.78 is 4.74. The van der Waals surface area contributed by atoms with E-state index in [0.29, 0.717) is 23.5 Å². The number of hydrogen-bond acceptors (Lipinski definition) is 7. The summed E-state index contributed by atoms with van der Waals surface area (Å²) in [6.07, 6.45) is 2.37. The fraction of sp³-hybridized carbons (Fsp3) is 0.158. The molecule has 2 aromatic heterocycles. The van der Waals surface area contributed by atoms with Crippen molar-refractivity contribution in [3.05, 3.63) is 53.9 Å². The Hall–Kier alpha value is -3.48. The molecule has 0 aliphatic heterocycles. The minimum absolute atomic E-state index is 0.195. The number of pyridine rings is 1. The first-order chi connectivity index (χ1) is 12.5. The van der Waals surface area contributed by atoms with Crippen molar-refractivity contribution < 1.29 is 9.53 Å². The van der Waals surface area contributed by atoms with E-state index >= 15 is 0 Å². The fourth-order valence-electron chi connectivity index (χ4n) is 2.73. The molecular formula is C19H19N5O2. The van der Waals surface area contributed by atoms with Gasteiger partial charge in [0.15, 0.2) is 0 Å². The van der Waals surface area contributed by atoms with Crippen molar-refractivity contribution in [2.75, 3.05) is 18.6 Å². The molecule has 0 radical (unpaired) electrons. The van der Waals surface area contributed by atoms with E-state index in [1.165, 1.54) is 7.11 Å². The molecule has 132 valence electrons. The zero-order chi connectivity index (χ0) is 18.7. The summed E-state index contributed by atoms with van der Waals surface area (Å²) in [4.78, 5) is 24.6. The van der Waals surface area contributed by atoms with E-state index < -0.39 is 5.97 Å². The quantitative estimate of drug-likeness (QED) is 0.695. The summed E-state index contributed by atoms with van der Waals surface area (Å²) in [5.41, 5.74) is 16.1. The highest BCUT2D eigenvalue weighted by Gasteiger charge is 2.17. The molecule has 0 aliphatic rings. The summed E-state index contributed by atoms with van der Waals surface area (Å²) in [7, 11) is 1.35. The highest BCUT2D eigenvalue weighted by atomic mass is 16.5. The van der Waals surface area contributed by atoms with Gasteiger partial charge in [0.25, 0.3) is 0 Å². The summed E-state index contributed by atoms with van der Waals surface area (Å²) in [5, 5.41) is 0. The maximum Gasteiger partial charge on any atom is 0.337 e. The molecule has 26 heavy (non-hydrogen) atoms. The molecule has 3 aromatic rings. The minimum Gasteiger partial charge on any atom is -0.465 e. The second-order valence-corrected chi connectivity index (χ2v) is 5.65. The van der Waals surface area contributed by atoms with Gasteiger partial charge in [-0.15, -0.1) is 0 Å². The van der Waals surface area contributed by atoms with E-state index in [2.05, 4.69) is 15.0 Å². The van der Waals surface area contributed by atoms with Crippen LogP contribution in [0.3, 0.4) is 0 Å². The molecule has 0 saturated heterocycles. The average Bonchev–Trinajstić information content (AvgIpc) is 2.67. The number of nitrogen functional groups attached to an aromatic ring is 2. The van der Waals surface area contributed by atoms with Gasteiger partial charge in [0.1, 0.15) is 5.82 Å². The van der Waals surface area contributed by atoms with Gasteiger partial charge in [0.2, 0.25) is 5.95 Å². The number of aromatic nitrogens is 3. The lowest BCUT2D eigenvalue weighted by molar-refractivity contribution is 0.0601. The number of esters is 1. The van der Waals surface area contributed by atoms with E-state index in [1.54, 1.807) is 24.4 Å². The first-order valence-electron chi connectivity index (χ1n) is 8.10. The number of nitrogens with zero attached hydrogens (tertiary/aromatic N) is 3. The van der Waals surface area contributed by atoms with Crippen molar-refractivity contribution in [3.63, 3.8) is 0 Å². The van der Waals surface area contributed by atoms with Gasteiger partial charge >= 0.3 is 5.97 Å². The summed E-state index contributed by atoms with van der Waals surface area (Å²) in [5.74, 6) is 0.240. The Labute approximate surface area is 151 Å². The van der Waals surface area contributed by atoms with Crippen molar-refractivity contribution in [3.8, 4) is 22.4 Å². The highest BCUT2D eigenvalue weighted by Crippen LogP contribution is 2.33. The van der Waals surface area contributed by atoms with Gasteiger partial charge in [-0.25, -0.2) is 19.7 Å². The topological polar surface area (TPSA) is 117 Å². The Kier molecular flexibility index (Phi) is 4.79. The van der Waals surface area contributed by atoms with Crippen molar-refractivity contribution in [1.29, 1.82) is 0 Å². The molecule has 7 heteroatoms. The van der Waals surface area contributed by atoms with Crippen molar-refractivity contribution >= 4 is 17.7 Å². The molecule has 0 spiro atoms. The third kappa shape index (κ3) is 3.32. The number of nitrogens with two attached hydrogens (primary N) is 2. The Morgan fingerprint density at radius 1 is 1.04 bits per heavy atom. The molecule has 0 atom stereocenters. The molecule has 0 fully saturated rings. The number of carbonyl (C=O) groups is 1. The minimum atomic E-state index is -0.393. The number of rotatable bonds is 4. The highest BCUT2D eigenvalue weighted by molar-refractivity contribution is 5.90. The van der Waals surface area contributed by atoms with Gasteiger partial charge in [-0.1, -0.05) is 19.1 Å². The molecule has 2 heterocycles. The van der Waals surface area contributed by atoms with Crippen LogP contribution in [0.5, 0.6) is 0 Å². The van der Waals surface area contributed by atoms with Crippen molar-refractivity contribution in [1.82, 2.24) is 15.0 Å². The predicted molar refractivity (Wildman–Crippen MR) is 100 cm³/mol. The zero-order valence-electron chi connectivity index (χ0n) is 14.6. The van der Waals surface area contributed by atoms with Crippen molar-refractivity contribution in [2.24, 2.45) is 0 Å². The number of benzene rings is 1. The Bertz CT molecular complexity index is 937. The van der Waals surface area contributed by atoms with Gasteiger partial charge in [-0.3, -0.25) is 0 Å². The number of hydrogen-bond donors (Lipinski definition) is 2. The van der Waals surface area contributed by atoms with Gasteiger partial charge in [-0.2, -0.15) is 0 Å². The molecule has 4 N–H and O–H groups in total. The Morgan fingerprint density at radius 2 is 1.73 bits per heavy atom. The second-order valence-electron chi connectivity index (χ2n) is 5.65. The molecule has 1 aromatic carbocycles. The van der Waals surface area contributed by atoms with Gasteiger partial charge < -0.3 is 16.2 Å². The van der Waals surface area contributed by atoms with E-state index in [9.17, 15) is 4.79 Å². The number of carbonyl (C=O) groups excluding carboxylic acids is 1. The summed E-state index contributed by atoms with van der Waals surface area (Å²) in [6, 6.07) is 10.6. The van der Waals surface area contributed by atoms with Crippen LogP contribution in [-0.2, 0) is 11.2 Å². The molecule has 7 nitrogen and oxygen atoms in total. The summed E-state index contributed by atoms with van der Waals surface area (Å²) in [6.45, 7) is 2.00. The van der Waals surface area contributed by atoms with Crippen LogP contribution in [0.15, 0.2) is 42.6 Å². The van der Waals surface area contributed by atoms with Crippen LogP contribution in [0.4, 0.5) is 11.8 Å². The lowest BCUT2D eigenvalue weighted by Gasteiger charge is -2.14. The third-order valence-corrected chi connectivity index (χ3v) is 3.99. The second kappa shape index (κ2) is 7.18. The number of aryl methyl sites for hydroxylation is 1. The average molecular weight is 349 g/mol. The van der Waals surface area contributed by atoms with Crippen LogP contribution in [0.1, 0.15) is 23.0 Å². The largest absolute Gasteiger partial charge is 0.465 e. The molecule has 0 bridgehead atoms. The fourth-order valence-corrected chi connectivity index (χ4v) is 2.73. The number of methoxy groups -OCH3 is 1. The molecule has 0 saturated carbocycles. The monoisotopic (exact) mass is 349 g/mol. The van der Waals surface area contributed by atoms with Crippen LogP contribution in [-0.4, -0.2) is 28.0 Å². The molecule has 0 unspecified atom stereocenters. The normalized spacial score (nSPS) is 10.5. The maximum atomic E-state index is 11.6. The first-order valence-corrected chi connectivity index (χ1v) is 8.10. The first kappa shape index (κ1) is 17.3. The van der Waals surface area contributed by atoms with E-state index in [1.807, 2.05) is 25.1 Å². The standard InChI is InChI=1S/C19H19N5O2/c1-3-14-16(13-8-9-15(20)22-10-13)17(24-19(21)23-14)11-4-6-12(7-5-11)18(25)26-2/h4-10H,3H2,1-2H3,(H2,20,22)(H2,21,23,24). The van der Waals surface area contributed by atoms with Crippen LogP contribution in [0.2, 0.25) is 0 Å². The van der Waals surface area contributed by atoms with Gasteiger partial charge in [-0.05, 0) is 30.7 Å². The third-order valence-electron chi connectivity index (χ3n) is 3.99. The Balaban J connectivity index is 2.18. The molecule has 0 aliphatic carbocycles. The lowest BCUT2D eigenvalue weighted by Crippen LogP contribution is -2.05. The zero-order valence-corrected chi connectivity index (χ0v) is 14.6. The number of anilines is 2. The number of ether oxygens (including phenoxy) is 1. The summed E-state index contributed by atoms with van der Waals surface area (Å²) >= 11 is 0. The van der Waals surface area contributed by atoms with Crippen molar-refractivity contribution in [2.45, 2.75) is 13.3 Å². The lowest BCUT2D eigenvalue weighted by atomic mass is 9.97. The Morgan fingerprint density at radius 3 is 2.31 bits per heavy atom. The van der Waals surface area contributed by atoms with Crippen LogP contribution in [0.25, 0.3) is 22.4 Å². The van der Waals surface area contributed by atoms with E-state index in [-0.39, 0.29) is 5.95 Å². The van der Waals surface area contributed by atoms with E-state index in [0.717, 1.165) is 22.4 Å². The smallest absolute Gasteiger partial charge is 0.337 e. The maximum absolute atomic E-state index is 11.6. The molecule has 0 amide bonds. The SMILES string of the molecule is CCc1nc(N)nc(-c2ccc(C(=O)OC)cc2)c1-c1ccc(N)nc1. The molecular weight excluding hydrogens is 330 g/mol. The van der Waals surface area contributed by atoms with Crippen LogP contribution >= 0.6 is 0 Å². The van der Waals surface area contributed by atoms with Gasteiger partial charge in [0.05, 0.1) is 24.1 Å². The molecule has 3 rings (SSSR count). The predicted octanol–water partition coefficient (Wildman–Crippen LogP) is 2.72. The van der Waals surface area contributed by atoms with Crippen LogP contribution < -0.4 is 11.5 Å². The van der Waals surface area contributed by atoms with Crippen LogP contribution in [0, 0.1) is 0 Å².